The third-order valence-corrected chi connectivity index (χ3v) is 10.2. The van der Waals surface area contributed by atoms with Gasteiger partial charge in [-0.25, -0.2) is 10.4 Å². The van der Waals surface area contributed by atoms with Crippen LogP contribution in [0.2, 0.25) is 0 Å². The molecule has 6 rings (SSSR count). The largest absolute Gasteiger partial charge is 0.455 e. The summed E-state index contributed by atoms with van der Waals surface area (Å²) in [6.45, 7) is 9.75. The van der Waals surface area contributed by atoms with E-state index < -0.39 is 41.5 Å². The lowest BCUT2D eigenvalue weighted by molar-refractivity contribution is -0.157. The second-order valence-electron chi connectivity index (χ2n) is 14.3. The molecular weight excluding hydrogens is 632 g/mol. The predicted molar refractivity (Wildman–Crippen MR) is 191 cm³/mol. The van der Waals surface area contributed by atoms with E-state index in [9.17, 15) is 19.2 Å². The minimum absolute atomic E-state index is 0.210. The van der Waals surface area contributed by atoms with Crippen molar-refractivity contribution in [3.05, 3.63) is 83.6 Å². The molecule has 1 aromatic heterocycles. The molecular formula is C39H48N6O5. The third-order valence-electron chi connectivity index (χ3n) is 10.2. The van der Waals surface area contributed by atoms with Gasteiger partial charge in [0, 0.05) is 18.5 Å². The molecule has 11 nitrogen and oxygen atoms in total. The number of ether oxygens (including phenoxy) is 1. The lowest BCUT2D eigenvalue weighted by Crippen LogP contribution is -2.61. The first-order valence-corrected chi connectivity index (χ1v) is 17.8. The zero-order chi connectivity index (χ0) is 35.4. The summed E-state index contributed by atoms with van der Waals surface area (Å²) in [5.41, 5.74) is 5.61. The molecule has 4 atom stereocenters. The Balaban J connectivity index is 1.34. The van der Waals surface area contributed by atoms with Gasteiger partial charge in [0.05, 0.1) is 16.6 Å². The molecule has 2 fully saturated rings. The average molecular weight is 681 g/mol. The highest BCUT2D eigenvalue weighted by Gasteiger charge is 2.42. The van der Waals surface area contributed by atoms with Crippen LogP contribution in [-0.2, 0) is 30.5 Å². The van der Waals surface area contributed by atoms with Crippen molar-refractivity contribution in [2.24, 2.45) is 11.3 Å². The fourth-order valence-electron chi connectivity index (χ4n) is 7.01. The SMILES string of the molecule is CC(C)[C@@H]1NC(=O)C2(/C=C/c3ccc4ccc(nc4c3)[C@@H](C)OC(=O)C3CCCN(N3)C(=O)[C@H](C)NC1=O)CCN(Cc1ccccc1)CC2. The molecule has 1 unspecified atom stereocenters. The minimum atomic E-state index is -0.895. The van der Waals surface area contributed by atoms with E-state index in [0.29, 0.717) is 51.0 Å². The standard InChI is InChI=1S/C39H48N6O5/c1-25(2)34-35(46)40-26(3)36(47)45-20-8-11-32(43-45)37(48)50-27(4)31-15-14-30-13-12-28(23-33(30)41-31)16-17-39(38(49)42-34)18-21-44(22-19-39)24-29-9-6-5-7-10-29/h5-7,9-10,12-17,23,25-27,32,34,43H,8,11,18-22,24H2,1-4H3,(H,40,46)(H,42,49)/b17-16+/t26-,27+,32?,34-/m0/s1. The lowest BCUT2D eigenvalue weighted by atomic mass is 9.76. The van der Waals surface area contributed by atoms with Crippen molar-refractivity contribution in [3.63, 3.8) is 0 Å². The maximum Gasteiger partial charge on any atom is 0.325 e. The molecule has 264 valence electrons. The molecule has 0 radical (unpaired) electrons. The van der Waals surface area contributed by atoms with E-state index >= 15 is 0 Å². The molecule has 3 aliphatic rings. The Bertz CT molecular complexity index is 1750. The second kappa shape index (κ2) is 15.1. The first kappa shape index (κ1) is 35.2. The number of hydrazine groups is 1. The summed E-state index contributed by atoms with van der Waals surface area (Å²) < 4.78 is 5.84. The van der Waals surface area contributed by atoms with Crippen molar-refractivity contribution < 1.29 is 23.9 Å². The average Bonchev–Trinajstić information content (AvgIpc) is 3.12. The number of hydrogen-bond acceptors (Lipinski definition) is 8. The summed E-state index contributed by atoms with van der Waals surface area (Å²) in [5.74, 6) is -1.73. The summed E-state index contributed by atoms with van der Waals surface area (Å²) in [4.78, 5) is 62.0. The zero-order valence-electron chi connectivity index (χ0n) is 29.4. The fraction of sp³-hybridized carbons (Fsp3) is 0.462. The maximum atomic E-state index is 14.4. The number of amides is 3. The normalized spacial score (nSPS) is 26.1. The van der Waals surface area contributed by atoms with Crippen molar-refractivity contribution in [1.82, 2.24) is 31.0 Å². The summed E-state index contributed by atoms with van der Waals surface area (Å²) >= 11 is 0. The van der Waals surface area contributed by atoms with Crippen LogP contribution in [0.25, 0.3) is 17.0 Å². The Morgan fingerprint density at radius 2 is 1.68 bits per heavy atom. The summed E-state index contributed by atoms with van der Waals surface area (Å²) in [5, 5.41) is 8.24. The van der Waals surface area contributed by atoms with E-state index in [2.05, 4.69) is 33.1 Å². The smallest absolute Gasteiger partial charge is 0.325 e. The van der Waals surface area contributed by atoms with E-state index in [-0.39, 0.29) is 17.7 Å². The summed E-state index contributed by atoms with van der Waals surface area (Å²) in [7, 11) is 0. The number of nitrogens with one attached hydrogen (secondary N) is 3. The molecule has 4 heterocycles. The van der Waals surface area contributed by atoms with Crippen LogP contribution in [0, 0.1) is 11.3 Å². The quantitative estimate of drug-likeness (QED) is 0.349. The Hall–Kier alpha value is -4.61. The first-order valence-electron chi connectivity index (χ1n) is 17.8. The molecule has 0 saturated carbocycles. The number of pyridine rings is 1. The second-order valence-corrected chi connectivity index (χ2v) is 14.3. The zero-order valence-corrected chi connectivity index (χ0v) is 29.4. The number of benzene rings is 2. The maximum absolute atomic E-state index is 14.4. The van der Waals surface area contributed by atoms with Gasteiger partial charge < -0.3 is 15.4 Å². The van der Waals surface area contributed by atoms with Gasteiger partial charge in [0.25, 0.3) is 5.91 Å². The Kier molecular flexibility index (Phi) is 10.6. The molecule has 3 amide bonds. The van der Waals surface area contributed by atoms with Crippen LogP contribution in [0.5, 0.6) is 0 Å². The van der Waals surface area contributed by atoms with Gasteiger partial charge in [0.2, 0.25) is 11.8 Å². The van der Waals surface area contributed by atoms with Gasteiger partial charge in [0.15, 0.2) is 0 Å². The topological polar surface area (TPSA) is 133 Å². The highest BCUT2D eigenvalue weighted by Crippen LogP contribution is 2.36. The summed E-state index contributed by atoms with van der Waals surface area (Å²) in [6.07, 6.45) is 5.58. The number of aromatic nitrogens is 1. The molecule has 11 heteroatoms. The number of piperidine rings is 1. The molecule has 0 aliphatic carbocycles. The van der Waals surface area contributed by atoms with Crippen molar-refractivity contribution in [1.29, 1.82) is 0 Å². The highest BCUT2D eigenvalue weighted by atomic mass is 16.5. The van der Waals surface area contributed by atoms with E-state index in [1.54, 1.807) is 13.8 Å². The van der Waals surface area contributed by atoms with Crippen LogP contribution < -0.4 is 16.1 Å². The first-order chi connectivity index (χ1) is 24.0. The molecule has 2 aromatic carbocycles. The fourth-order valence-corrected chi connectivity index (χ4v) is 7.01. The van der Waals surface area contributed by atoms with Gasteiger partial charge in [-0.3, -0.25) is 29.1 Å². The minimum Gasteiger partial charge on any atom is -0.455 e. The van der Waals surface area contributed by atoms with Gasteiger partial charge in [-0.2, -0.15) is 0 Å². The van der Waals surface area contributed by atoms with Gasteiger partial charge in [0.1, 0.15) is 24.2 Å². The van der Waals surface area contributed by atoms with Crippen LogP contribution in [0.4, 0.5) is 0 Å². The molecule has 5 bridgehead atoms. The number of nitrogens with zero attached hydrogens (tertiary/aromatic N) is 3. The Labute approximate surface area is 293 Å². The molecule has 3 aliphatic heterocycles. The van der Waals surface area contributed by atoms with Crippen LogP contribution in [0.1, 0.15) is 76.3 Å². The van der Waals surface area contributed by atoms with E-state index in [0.717, 1.165) is 23.0 Å². The van der Waals surface area contributed by atoms with E-state index in [1.165, 1.54) is 10.6 Å². The number of esters is 1. The third kappa shape index (κ3) is 7.89. The Morgan fingerprint density at radius 1 is 0.940 bits per heavy atom. The number of carbonyl (C=O) groups is 4. The number of carbonyl (C=O) groups excluding carboxylic acids is 4. The number of fused-ring (bicyclic) bond motifs is 4. The van der Waals surface area contributed by atoms with Crippen LogP contribution in [0.3, 0.4) is 0 Å². The van der Waals surface area contributed by atoms with Crippen molar-refractivity contribution >= 4 is 40.7 Å². The molecule has 3 N–H and O–H groups in total. The highest BCUT2D eigenvalue weighted by molar-refractivity contribution is 5.94. The van der Waals surface area contributed by atoms with Crippen molar-refractivity contribution in [3.8, 4) is 0 Å². The van der Waals surface area contributed by atoms with Gasteiger partial charge in [-0.05, 0) is 81.8 Å². The van der Waals surface area contributed by atoms with Crippen LogP contribution in [0.15, 0.2) is 66.7 Å². The van der Waals surface area contributed by atoms with Gasteiger partial charge in [-0.15, -0.1) is 0 Å². The number of rotatable bonds is 3. The van der Waals surface area contributed by atoms with Crippen LogP contribution >= 0.6 is 0 Å². The lowest BCUT2D eigenvalue weighted by Gasteiger charge is -2.40. The van der Waals surface area contributed by atoms with Gasteiger partial charge in [-0.1, -0.05) is 74.5 Å². The predicted octanol–water partition coefficient (Wildman–Crippen LogP) is 4.29. The number of hydrogen-bond donors (Lipinski definition) is 3. The van der Waals surface area contributed by atoms with Crippen molar-refractivity contribution in [2.45, 2.75) is 84.2 Å². The monoisotopic (exact) mass is 680 g/mol. The van der Waals surface area contributed by atoms with Gasteiger partial charge >= 0.3 is 5.97 Å². The summed E-state index contributed by atoms with van der Waals surface area (Å²) in [6, 6.07) is 17.6. The van der Waals surface area contributed by atoms with E-state index in [1.807, 2.05) is 74.5 Å². The Morgan fingerprint density at radius 3 is 2.42 bits per heavy atom. The number of cyclic esters (lactones) is 1. The van der Waals surface area contributed by atoms with E-state index in [4.69, 9.17) is 9.72 Å². The molecule has 1 spiro atoms. The molecule has 50 heavy (non-hydrogen) atoms. The van der Waals surface area contributed by atoms with Crippen molar-refractivity contribution in [2.75, 3.05) is 19.6 Å². The van der Waals surface area contributed by atoms with Crippen LogP contribution in [-0.4, -0.2) is 76.3 Å². The molecule has 2 saturated heterocycles. The molecule has 3 aromatic rings. The number of likely N-dealkylation sites (tertiary alicyclic amines) is 1.